The highest BCUT2D eigenvalue weighted by molar-refractivity contribution is 6.35. The number of carbonyl (C=O) groups excluding carboxylic acids is 1. The third-order valence-electron chi connectivity index (χ3n) is 2.86. The molecular formula is C15H16ClNO2. The van der Waals surface area contributed by atoms with Crippen molar-refractivity contribution < 1.29 is 9.53 Å². The number of benzene rings is 1. The summed E-state index contributed by atoms with van der Waals surface area (Å²) < 4.78 is 5.17. The maximum Gasteiger partial charge on any atom is 0.356 e. The fourth-order valence-corrected chi connectivity index (χ4v) is 2.09. The van der Waals surface area contributed by atoms with Gasteiger partial charge in [0.2, 0.25) is 0 Å². The number of rotatable bonds is 5. The van der Waals surface area contributed by atoms with E-state index in [-0.39, 0.29) is 5.69 Å². The smallest absolute Gasteiger partial charge is 0.356 e. The molecular weight excluding hydrogens is 262 g/mol. The van der Waals surface area contributed by atoms with Crippen LogP contribution in [0.4, 0.5) is 0 Å². The minimum absolute atomic E-state index is 0.264. The Morgan fingerprint density at radius 2 is 2.11 bits per heavy atom. The van der Waals surface area contributed by atoms with E-state index >= 15 is 0 Å². The standard InChI is InChI=1S/C15H16ClNO2/c1-2-3-6-9-19-15(18)14-10-12(16)11-7-4-5-8-13(11)17-14/h4-5,7-8,10H,2-3,6,9H2,1H3. The number of halogens is 1. The summed E-state index contributed by atoms with van der Waals surface area (Å²) in [5.74, 6) is -0.413. The Labute approximate surface area is 117 Å². The van der Waals surface area contributed by atoms with Crippen LogP contribution >= 0.6 is 11.6 Å². The van der Waals surface area contributed by atoms with Crippen molar-refractivity contribution in [3.63, 3.8) is 0 Å². The topological polar surface area (TPSA) is 39.2 Å². The molecule has 0 spiro atoms. The van der Waals surface area contributed by atoms with Gasteiger partial charge in [0, 0.05) is 5.39 Å². The van der Waals surface area contributed by atoms with Gasteiger partial charge in [0.05, 0.1) is 17.1 Å². The van der Waals surface area contributed by atoms with Crippen LogP contribution in [0.3, 0.4) is 0 Å². The molecule has 3 nitrogen and oxygen atoms in total. The van der Waals surface area contributed by atoms with Crippen molar-refractivity contribution in [3.05, 3.63) is 41.0 Å². The second-order valence-electron chi connectivity index (χ2n) is 4.35. The Balaban J connectivity index is 2.14. The van der Waals surface area contributed by atoms with Crippen LogP contribution in [0.15, 0.2) is 30.3 Å². The first-order valence-corrected chi connectivity index (χ1v) is 6.82. The maximum absolute atomic E-state index is 11.9. The molecule has 0 aliphatic rings. The molecule has 0 fully saturated rings. The lowest BCUT2D eigenvalue weighted by molar-refractivity contribution is 0.0492. The van der Waals surface area contributed by atoms with Crippen LogP contribution in [0, 0.1) is 0 Å². The second-order valence-corrected chi connectivity index (χ2v) is 4.76. The summed E-state index contributed by atoms with van der Waals surface area (Å²) in [6, 6.07) is 9.02. The first kappa shape index (κ1) is 13.8. The molecule has 2 aromatic rings. The first-order valence-electron chi connectivity index (χ1n) is 6.44. The molecule has 1 aromatic heterocycles. The molecule has 0 atom stereocenters. The van der Waals surface area contributed by atoms with Crippen molar-refractivity contribution >= 4 is 28.5 Å². The van der Waals surface area contributed by atoms with Gasteiger partial charge in [-0.15, -0.1) is 0 Å². The van der Waals surface area contributed by atoms with Gasteiger partial charge in [-0.2, -0.15) is 0 Å². The van der Waals surface area contributed by atoms with E-state index in [9.17, 15) is 4.79 Å². The molecule has 0 bridgehead atoms. The van der Waals surface area contributed by atoms with Gasteiger partial charge in [-0.1, -0.05) is 49.6 Å². The van der Waals surface area contributed by atoms with Crippen molar-refractivity contribution in [1.82, 2.24) is 4.98 Å². The highest BCUT2D eigenvalue weighted by Gasteiger charge is 2.12. The maximum atomic E-state index is 11.9. The van der Waals surface area contributed by atoms with Crippen molar-refractivity contribution in [2.24, 2.45) is 0 Å². The largest absolute Gasteiger partial charge is 0.461 e. The minimum Gasteiger partial charge on any atom is -0.461 e. The number of hydrogen-bond acceptors (Lipinski definition) is 3. The number of hydrogen-bond donors (Lipinski definition) is 0. The summed E-state index contributed by atoms with van der Waals surface area (Å²) in [4.78, 5) is 16.1. The van der Waals surface area contributed by atoms with Gasteiger partial charge >= 0.3 is 5.97 Å². The minimum atomic E-state index is -0.413. The lowest BCUT2D eigenvalue weighted by Gasteiger charge is -2.06. The van der Waals surface area contributed by atoms with Gasteiger partial charge in [-0.3, -0.25) is 0 Å². The van der Waals surface area contributed by atoms with Gasteiger partial charge in [-0.05, 0) is 18.6 Å². The molecule has 0 N–H and O–H groups in total. The van der Waals surface area contributed by atoms with E-state index in [0.717, 1.165) is 24.6 Å². The van der Waals surface area contributed by atoms with E-state index in [1.807, 2.05) is 24.3 Å². The number of carbonyl (C=O) groups is 1. The summed E-state index contributed by atoms with van der Waals surface area (Å²) >= 11 is 6.14. The molecule has 0 radical (unpaired) electrons. The molecule has 19 heavy (non-hydrogen) atoms. The average molecular weight is 278 g/mol. The van der Waals surface area contributed by atoms with Crippen molar-refractivity contribution in [2.45, 2.75) is 26.2 Å². The van der Waals surface area contributed by atoms with Gasteiger partial charge in [0.25, 0.3) is 0 Å². The van der Waals surface area contributed by atoms with Crippen LogP contribution in [-0.2, 0) is 4.74 Å². The van der Waals surface area contributed by atoms with Crippen LogP contribution in [0.5, 0.6) is 0 Å². The van der Waals surface area contributed by atoms with Crippen molar-refractivity contribution in [2.75, 3.05) is 6.61 Å². The van der Waals surface area contributed by atoms with E-state index in [1.165, 1.54) is 0 Å². The van der Waals surface area contributed by atoms with Crippen LogP contribution in [0.2, 0.25) is 5.02 Å². The van der Waals surface area contributed by atoms with E-state index < -0.39 is 5.97 Å². The van der Waals surface area contributed by atoms with Gasteiger partial charge in [0.1, 0.15) is 0 Å². The molecule has 1 aromatic carbocycles. The number of para-hydroxylation sites is 1. The number of aromatic nitrogens is 1. The number of fused-ring (bicyclic) bond motifs is 1. The number of nitrogens with zero attached hydrogens (tertiary/aromatic N) is 1. The summed E-state index contributed by atoms with van der Waals surface area (Å²) in [6.45, 7) is 2.53. The zero-order valence-electron chi connectivity index (χ0n) is 10.9. The summed E-state index contributed by atoms with van der Waals surface area (Å²) in [6.07, 6.45) is 3.03. The first-order chi connectivity index (χ1) is 9.22. The summed E-state index contributed by atoms with van der Waals surface area (Å²) in [5, 5.41) is 1.36. The van der Waals surface area contributed by atoms with Gasteiger partial charge < -0.3 is 4.74 Å². The average Bonchev–Trinajstić information content (AvgIpc) is 2.43. The molecule has 0 aliphatic carbocycles. The fraction of sp³-hybridized carbons (Fsp3) is 0.333. The van der Waals surface area contributed by atoms with Crippen LogP contribution in [0.1, 0.15) is 36.7 Å². The Morgan fingerprint density at radius 3 is 2.89 bits per heavy atom. The van der Waals surface area contributed by atoms with Crippen molar-refractivity contribution in [1.29, 1.82) is 0 Å². The lowest BCUT2D eigenvalue weighted by atomic mass is 10.2. The lowest BCUT2D eigenvalue weighted by Crippen LogP contribution is -2.08. The van der Waals surface area contributed by atoms with Crippen LogP contribution in [-0.4, -0.2) is 17.6 Å². The van der Waals surface area contributed by atoms with E-state index in [1.54, 1.807) is 6.07 Å². The predicted molar refractivity (Wildman–Crippen MR) is 76.6 cm³/mol. The fourth-order valence-electron chi connectivity index (χ4n) is 1.83. The summed E-state index contributed by atoms with van der Waals surface area (Å²) in [5.41, 5.74) is 0.968. The van der Waals surface area contributed by atoms with Crippen molar-refractivity contribution in [3.8, 4) is 0 Å². The third kappa shape index (κ3) is 3.44. The summed E-state index contributed by atoms with van der Waals surface area (Å²) in [7, 11) is 0. The Bertz CT molecular complexity index is 583. The molecule has 2 rings (SSSR count). The Kier molecular flexibility index (Phi) is 4.74. The number of ether oxygens (including phenoxy) is 1. The third-order valence-corrected chi connectivity index (χ3v) is 3.17. The normalized spacial score (nSPS) is 10.6. The zero-order valence-corrected chi connectivity index (χ0v) is 11.6. The number of pyridine rings is 1. The van der Waals surface area contributed by atoms with Crippen LogP contribution in [0.25, 0.3) is 10.9 Å². The second kappa shape index (κ2) is 6.53. The number of esters is 1. The molecule has 0 saturated carbocycles. The molecule has 0 aliphatic heterocycles. The van der Waals surface area contributed by atoms with E-state index in [2.05, 4.69) is 11.9 Å². The molecule has 0 saturated heterocycles. The molecule has 0 amide bonds. The van der Waals surface area contributed by atoms with E-state index in [4.69, 9.17) is 16.3 Å². The van der Waals surface area contributed by atoms with Gasteiger partial charge in [0.15, 0.2) is 5.69 Å². The predicted octanol–water partition coefficient (Wildman–Crippen LogP) is 4.24. The van der Waals surface area contributed by atoms with Gasteiger partial charge in [-0.25, -0.2) is 9.78 Å². The quantitative estimate of drug-likeness (QED) is 0.606. The molecule has 4 heteroatoms. The van der Waals surface area contributed by atoms with E-state index in [0.29, 0.717) is 17.1 Å². The Hall–Kier alpha value is -1.61. The van der Waals surface area contributed by atoms with Crippen LogP contribution < -0.4 is 0 Å². The molecule has 1 heterocycles. The number of unbranched alkanes of at least 4 members (excludes halogenated alkanes) is 2. The Morgan fingerprint density at radius 1 is 1.32 bits per heavy atom. The SMILES string of the molecule is CCCCCOC(=O)c1cc(Cl)c2ccccc2n1. The highest BCUT2D eigenvalue weighted by Crippen LogP contribution is 2.23. The monoisotopic (exact) mass is 277 g/mol. The molecule has 0 unspecified atom stereocenters. The highest BCUT2D eigenvalue weighted by atomic mass is 35.5. The zero-order chi connectivity index (χ0) is 13.7. The molecule has 100 valence electrons.